The molecule has 4 aliphatic carbocycles. The Morgan fingerprint density at radius 1 is 0.919 bits per heavy atom. The molecule has 4 aliphatic rings. The summed E-state index contributed by atoms with van der Waals surface area (Å²) in [6.07, 6.45) is 9.78. The van der Waals surface area contributed by atoms with Crippen molar-refractivity contribution >= 4 is 11.9 Å². The fourth-order valence-corrected chi connectivity index (χ4v) is 8.15. The van der Waals surface area contributed by atoms with Crippen LogP contribution in [0.1, 0.15) is 80.5 Å². The molecule has 0 unspecified atom stereocenters. The second-order valence-electron chi connectivity index (χ2n) is 12.3. The molecule has 3 heteroatoms. The van der Waals surface area contributed by atoms with Gasteiger partial charge in [-0.25, -0.2) is 0 Å². The average Bonchev–Trinajstić information content (AvgIpc) is 2.87. The highest BCUT2D eigenvalue weighted by Gasteiger charge is 2.52. The maximum absolute atomic E-state index is 11.6. The summed E-state index contributed by atoms with van der Waals surface area (Å²) >= 11 is 0. The predicted octanol–water partition coefficient (Wildman–Crippen LogP) is 8.72. The van der Waals surface area contributed by atoms with Crippen LogP contribution in [-0.2, 0) is 5.41 Å². The average molecular weight is 494 g/mol. The molecule has 0 saturated heterocycles. The molecule has 0 radical (unpaired) electrons. The lowest BCUT2D eigenvalue weighted by Gasteiger charge is -2.57. The van der Waals surface area contributed by atoms with Crippen LogP contribution < -0.4 is 4.74 Å². The van der Waals surface area contributed by atoms with Gasteiger partial charge in [0.25, 0.3) is 0 Å². The highest BCUT2D eigenvalue weighted by molar-refractivity contribution is 5.90. The van der Waals surface area contributed by atoms with E-state index >= 15 is 0 Å². The molecule has 37 heavy (non-hydrogen) atoms. The molecular formula is C34H39NO2. The molecule has 1 N–H and O–H groups in total. The van der Waals surface area contributed by atoms with Gasteiger partial charge in [0.05, 0.1) is 12.8 Å². The molecule has 0 atom stereocenters. The number of aliphatic imine (C=N–C) groups is 1. The van der Waals surface area contributed by atoms with Crippen molar-refractivity contribution < 1.29 is 9.84 Å². The van der Waals surface area contributed by atoms with E-state index in [0.717, 1.165) is 45.9 Å². The number of hydrogen-bond acceptors (Lipinski definition) is 3. The number of aromatic hydroxyl groups is 1. The van der Waals surface area contributed by atoms with Crippen LogP contribution in [0.2, 0.25) is 0 Å². The van der Waals surface area contributed by atoms with Crippen LogP contribution in [-0.4, -0.2) is 18.4 Å². The Bertz CT molecular complexity index is 1320. The first-order valence-corrected chi connectivity index (χ1v) is 14.0. The zero-order valence-corrected chi connectivity index (χ0v) is 22.6. The normalized spacial score (nSPS) is 26.4. The molecule has 3 aromatic rings. The number of para-hydroxylation sites is 2. The van der Waals surface area contributed by atoms with E-state index in [1.165, 1.54) is 55.2 Å². The van der Waals surface area contributed by atoms with Crippen molar-refractivity contribution in [3.05, 3.63) is 76.9 Å². The highest BCUT2D eigenvalue weighted by Crippen LogP contribution is 2.62. The number of methoxy groups -OCH3 is 1. The molecule has 4 bridgehead atoms. The molecule has 3 nitrogen and oxygen atoms in total. The van der Waals surface area contributed by atoms with E-state index in [9.17, 15) is 5.11 Å². The number of ether oxygens (including phenoxy) is 1. The van der Waals surface area contributed by atoms with E-state index in [1.807, 2.05) is 24.4 Å². The molecule has 0 aromatic heterocycles. The van der Waals surface area contributed by atoms with Crippen molar-refractivity contribution in [1.29, 1.82) is 0 Å². The highest BCUT2D eigenvalue weighted by atomic mass is 16.5. The summed E-state index contributed by atoms with van der Waals surface area (Å²) in [6.45, 7) is 6.53. The lowest BCUT2D eigenvalue weighted by molar-refractivity contribution is -0.00616. The van der Waals surface area contributed by atoms with Crippen molar-refractivity contribution in [2.75, 3.05) is 7.11 Å². The van der Waals surface area contributed by atoms with Gasteiger partial charge in [-0.1, -0.05) is 56.3 Å². The number of hydrogen-bond donors (Lipinski definition) is 1. The number of phenols is 1. The summed E-state index contributed by atoms with van der Waals surface area (Å²) in [4.78, 5) is 4.95. The minimum Gasteiger partial charge on any atom is -0.507 e. The van der Waals surface area contributed by atoms with Crippen molar-refractivity contribution in [2.45, 2.75) is 70.6 Å². The minimum absolute atomic E-state index is 0.149. The molecule has 7 rings (SSSR count). The Morgan fingerprint density at radius 2 is 1.57 bits per heavy atom. The van der Waals surface area contributed by atoms with Crippen LogP contribution in [0, 0.1) is 24.7 Å². The molecule has 4 fully saturated rings. The Balaban J connectivity index is 1.39. The number of aryl methyl sites for hydroxylation is 1. The van der Waals surface area contributed by atoms with Gasteiger partial charge >= 0.3 is 0 Å². The number of rotatable bonds is 6. The van der Waals surface area contributed by atoms with Gasteiger partial charge in [-0.05, 0) is 97.8 Å². The van der Waals surface area contributed by atoms with Gasteiger partial charge in [0, 0.05) is 28.5 Å². The fourth-order valence-electron chi connectivity index (χ4n) is 8.15. The van der Waals surface area contributed by atoms with Gasteiger partial charge in [-0.2, -0.15) is 0 Å². The fraction of sp³-hybridized carbons (Fsp3) is 0.441. The lowest BCUT2D eigenvalue weighted by Crippen LogP contribution is -2.48. The SMILES string of the molecule is COc1c(-c2ccccc2N=Cc2cc(C)cc(C34CC5CC(CC(C5)C3)C4)c2O)cccc1C(C)C. The molecule has 0 spiro atoms. The maximum atomic E-state index is 11.6. The first-order chi connectivity index (χ1) is 17.9. The second-order valence-corrected chi connectivity index (χ2v) is 12.3. The van der Waals surface area contributed by atoms with E-state index in [1.54, 1.807) is 7.11 Å². The largest absolute Gasteiger partial charge is 0.507 e. The first kappa shape index (κ1) is 24.3. The summed E-state index contributed by atoms with van der Waals surface area (Å²) in [5, 5.41) is 11.6. The number of nitrogens with zero attached hydrogens (tertiary/aromatic N) is 1. The van der Waals surface area contributed by atoms with E-state index < -0.39 is 0 Å². The summed E-state index contributed by atoms with van der Waals surface area (Å²) in [5.74, 6) is 4.22. The van der Waals surface area contributed by atoms with Crippen molar-refractivity contribution in [2.24, 2.45) is 22.7 Å². The Hall–Kier alpha value is -3.07. The maximum Gasteiger partial charge on any atom is 0.130 e. The quantitative estimate of drug-likeness (QED) is 0.349. The standard InChI is InChI=1S/C34H39NO2/c1-21(2)27-9-7-10-29(33(27)37-4)28-8-5-6-11-31(28)35-20-26-12-22(3)13-30(32(26)36)34-17-23-14-24(18-34)16-25(15-23)19-34/h5-13,20-21,23-25,36H,14-19H2,1-4H3. The van der Waals surface area contributed by atoms with Crippen LogP contribution in [0.4, 0.5) is 5.69 Å². The molecular weight excluding hydrogens is 454 g/mol. The number of benzene rings is 3. The summed E-state index contributed by atoms with van der Waals surface area (Å²) in [7, 11) is 1.74. The smallest absolute Gasteiger partial charge is 0.130 e. The van der Waals surface area contributed by atoms with Crippen molar-refractivity contribution in [1.82, 2.24) is 0 Å². The molecule has 0 heterocycles. The molecule has 4 saturated carbocycles. The third-order valence-corrected chi connectivity index (χ3v) is 9.30. The van der Waals surface area contributed by atoms with Crippen LogP contribution >= 0.6 is 0 Å². The molecule has 0 amide bonds. The third kappa shape index (κ3) is 4.27. The summed E-state index contributed by atoms with van der Waals surface area (Å²) in [5.41, 5.74) is 7.49. The summed E-state index contributed by atoms with van der Waals surface area (Å²) in [6, 6.07) is 18.9. The Morgan fingerprint density at radius 3 is 2.22 bits per heavy atom. The predicted molar refractivity (Wildman–Crippen MR) is 152 cm³/mol. The van der Waals surface area contributed by atoms with Gasteiger partial charge < -0.3 is 9.84 Å². The second kappa shape index (κ2) is 9.35. The van der Waals surface area contributed by atoms with Crippen LogP contribution in [0.5, 0.6) is 11.5 Å². The molecule has 3 aromatic carbocycles. The monoisotopic (exact) mass is 493 g/mol. The van der Waals surface area contributed by atoms with Gasteiger partial charge in [0.15, 0.2) is 0 Å². The van der Waals surface area contributed by atoms with E-state index in [-0.39, 0.29) is 5.41 Å². The Labute approximate surface area is 221 Å². The minimum atomic E-state index is 0.149. The van der Waals surface area contributed by atoms with Crippen LogP contribution in [0.15, 0.2) is 59.6 Å². The first-order valence-electron chi connectivity index (χ1n) is 14.0. The van der Waals surface area contributed by atoms with E-state index in [2.05, 4.69) is 57.2 Å². The zero-order valence-electron chi connectivity index (χ0n) is 22.6. The van der Waals surface area contributed by atoms with Crippen molar-refractivity contribution in [3.63, 3.8) is 0 Å². The third-order valence-electron chi connectivity index (χ3n) is 9.30. The van der Waals surface area contributed by atoms with Gasteiger partial charge in [0.2, 0.25) is 0 Å². The molecule has 192 valence electrons. The Kier molecular flexibility index (Phi) is 6.13. The van der Waals surface area contributed by atoms with Gasteiger partial charge in [-0.3, -0.25) is 4.99 Å². The topological polar surface area (TPSA) is 41.8 Å². The molecule has 0 aliphatic heterocycles. The number of phenolic OH excluding ortho intramolecular Hbond substituents is 1. The van der Waals surface area contributed by atoms with Gasteiger partial charge in [-0.15, -0.1) is 0 Å². The van der Waals surface area contributed by atoms with Crippen molar-refractivity contribution in [3.8, 4) is 22.6 Å². The van der Waals surface area contributed by atoms with Gasteiger partial charge in [0.1, 0.15) is 11.5 Å². The van der Waals surface area contributed by atoms with E-state index in [4.69, 9.17) is 9.73 Å². The van der Waals surface area contributed by atoms with Crippen LogP contribution in [0.3, 0.4) is 0 Å². The lowest BCUT2D eigenvalue weighted by atomic mass is 9.48. The van der Waals surface area contributed by atoms with E-state index in [0.29, 0.717) is 11.7 Å². The zero-order chi connectivity index (χ0) is 25.7. The van der Waals surface area contributed by atoms with Crippen LogP contribution in [0.25, 0.3) is 11.1 Å². The summed E-state index contributed by atoms with van der Waals surface area (Å²) < 4.78 is 5.89.